The fourth-order valence-electron chi connectivity index (χ4n) is 1.90. The molecule has 0 N–H and O–H groups in total. The van der Waals surface area contributed by atoms with Crippen molar-refractivity contribution < 1.29 is 0 Å². The number of imidazole rings is 1. The normalized spacial score (nSPS) is 10.7. The van der Waals surface area contributed by atoms with Crippen LogP contribution in [0.25, 0.3) is 16.9 Å². The molecule has 0 saturated heterocycles. The molecule has 0 fully saturated rings. The van der Waals surface area contributed by atoms with Crippen molar-refractivity contribution >= 4 is 23.1 Å². The molecule has 0 spiro atoms. The van der Waals surface area contributed by atoms with E-state index in [4.69, 9.17) is 11.6 Å². The standard InChI is InChI=1S/C13H8ClN3O/c14-10-7-4-8-17-12(10)15-11(13(17)16-18)9-5-2-1-3-6-9/h1-8H. The zero-order valence-electron chi connectivity index (χ0n) is 9.25. The summed E-state index contributed by atoms with van der Waals surface area (Å²) in [6.45, 7) is 0. The molecule has 0 amide bonds. The molecule has 0 unspecified atom stereocenters. The number of benzene rings is 1. The van der Waals surface area contributed by atoms with Gasteiger partial charge in [-0.15, -0.1) is 4.91 Å². The third kappa shape index (κ3) is 1.58. The van der Waals surface area contributed by atoms with Gasteiger partial charge in [-0.1, -0.05) is 41.9 Å². The van der Waals surface area contributed by atoms with Gasteiger partial charge in [-0.25, -0.2) is 4.98 Å². The molecule has 18 heavy (non-hydrogen) atoms. The lowest BCUT2D eigenvalue weighted by Crippen LogP contribution is -1.82. The van der Waals surface area contributed by atoms with Gasteiger partial charge < -0.3 is 0 Å². The first kappa shape index (κ1) is 10.9. The average Bonchev–Trinajstić information content (AvgIpc) is 2.80. The van der Waals surface area contributed by atoms with Crippen LogP contribution in [0.4, 0.5) is 5.82 Å². The maximum atomic E-state index is 11.0. The summed E-state index contributed by atoms with van der Waals surface area (Å²) in [5.74, 6) is 0.263. The van der Waals surface area contributed by atoms with Crippen LogP contribution < -0.4 is 0 Å². The molecule has 0 aliphatic heterocycles. The third-order valence-corrected chi connectivity index (χ3v) is 3.01. The smallest absolute Gasteiger partial charge is 0.209 e. The lowest BCUT2D eigenvalue weighted by molar-refractivity contribution is 1.16. The summed E-state index contributed by atoms with van der Waals surface area (Å²) in [6, 6.07) is 12.9. The van der Waals surface area contributed by atoms with Crippen molar-refractivity contribution in [3.05, 3.63) is 58.6 Å². The molecule has 88 valence electrons. The van der Waals surface area contributed by atoms with Crippen molar-refractivity contribution in [1.29, 1.82) is 0 Å². The Morgan fingerprint density at radius 1 is 1.11 bits per heavy atom. The van der Waals surface area contributed by atoms with Gasteiger partial charge in [0, 0.05) is 11.8 Å². The second-order valence-electron chi connectivity index (χ2n) is 3.79. The minimum absolute atomic E-state index is 0.263. The zero-order valence-corrected chi connectivity index (χ0v) is 10.0. The molecule has 0 aliphatic rings. The van der Waals surface area contributed by atoms with Crippen LogP contribution in [-0.2, 0) is 0 Å². The number of aromatic nitrogens is 2. The summed E-state index contributed by atoms with van der Waals surface area (Å²) in [7, 11) is 0. The summed E-state index contributed by atoms with van der Waals surface area (Å²) in [5, 5.41) is 3.56. The molecule has 3 aromatic rings. The highest BCUT2D eigenvalue weighted by atomic mass is 35.5. The quantitative estimate of drug-likeness (QED) is 0.650. The highest BCUT2D eigenvalue weighted by molar-refractivity contribution is 6.33. The van der Waals surface area contributed by atoms with Crippen LogP contribution in [0, 0.1) is 4.91 Å². The average molecular weight is 258 g/mol. The second kappa shape index (κ2) is 4.23. The number of fused-ring (bicyclic) bond motifs is 1. The molecule has 0 bridgehead atoms. The number of pyridine rings is 1. The summed E-state index contributed by atoms with van der Waals surface area (Å²) in [5.41, 5.74) is 1.91. The largest absolute Gasteiger partial charge is 0.280 e. The number of hydrogen-bond acceptors (Lipinski definition) is 3. The van der Waals surface area contributed by atoms with E-state index in [1.54, 1.807) is 22.7 Å². The van der Waals surface area contributed by atoms with Gasteiger partial charge in [-0.3, -0.25) is 4.40 Å². The van der Waals surface area contributed by atoms with Crippen LogP contribution in [-0.4, -0.2) is 9.38 Å². The number of nitroso groups, excluding NO2 is 1. The first-order chi connectivity index (χ1) is 8.81. The van der Waals surface area contributed by atoms with Crippen LogP contribution in [0.15, 0.2) is 53.8 Å². The Labute approximate surface area is 108 Å². The van der Waals surface area contributed by atoms with Gasteiger partial charge in [0.25, 0.3) is 0 Å². The zero-order chi connectivity index (χ0) is 12.5. The van der Waals surface area contributed by atoms with Gasteiger partial charge in [0.1, 0.15) is 5.69 Å². The van der Waals surface area contributed by atoms with Gasteiger partial charge in [-0.2, -0.15) is 0 Å². The molecule has 0 atom stereocenters. The predicted molar refractivity (Wildman–Crippen MR) is 71.1 cm³/mol. The Hall–Kier alpha value is -2.20. The van der Waals surface area contributed by atoms with Crippen molar-refractivity contribution in [2.24, 2.45) is 5.18 Å². The van der Waals surface area contributed by atoms with Gasteiger partial charge in [0.05, 0.1) is 5.02 Å². The first-order valence-corrected chi connectivity index (χ1v) is 5.74. The number of halogens is 1. The molecular formula is C13H8ClN3O. The summed E-state index contributed by atoms with van der Waals surface area (Å²) in [4.78, 5) is 15.4. The molecule has 2 aromatic heterocycles. The maximum absolute atomic E-state index is 11.0. The maximum Gasteiger partial charge on any atom is 0.209 e. The van der Waals surface area contributed by atoms with Crippen LogP contribution in [0.1, 0.15) is 0 Å². The van der Waals surface area contributed by atoms with Gasteiger partial charge in [-0.05, 0) is 17.3 Å². The topological polar surface area (TPSA) is 46.7 Å². The van der Waals surface area contributed by atoms with Crippen molar-refractivity contribution in [3.8, 4) is 11.3 Å². The van der Waals surface area contributed by atoms with Gasteiger partial charge in [0.15, 0.2) is 5.65 Å². The van der Waals surface area contributed by atoms with Gasteiger partial charge >= 0.3 is 0 Å². The molecule has 0 radical (unpaired) electrons. The predicted octanol–water partition coefficient (Wildman–Crippen LogP) is 4.05. The van der Waals surface area contributed by atoms with E-state index in [1.165, 1.54) is 0 Å². The summed E-state index contributed by atoms with van der Waals surface area (Å²) >= 11 is 6.06. The fraction of sp³-hybridized carbons (Fsp3) is 0. The highest BCUT2D eigenvalue weighted by Crippen LogP contribution is 2.32. The minimum atomic E-state index is 0.263. The minimum Gasteiger partial charge on any atom is -0.280 e. The lowest BCUT2D eigenvalue weighted by Gasteiger charge is -1.96. The van der Waals surface area contributed by atoms with Crippen molar-refractivity contribution in [2.75, 3.05) is 0 Å². The Balaban J connectivity index is 2.37. The molecule has 2 heterocycles. The number of rotatable bonds is 2. The molecule has 4 nitrogen and oxygen atoms in total. The summed E-state index contributed by atoms with van der Waals surface area (Å²) in [6.07, 6.45) is 1.72. The van der Waals surface area contributed by atoms with E-state index >= 15 is 0 Å². The molecule has 5 heteroatoms. The van der Waals surface area contributed by atoms with Crippen LogP contribution in [0.5, 0.6) is 0 Å². The summed E-state index contributed by atoms with van der Waals surface area (Å²) < 4.78 is 1.59. The Kier molecular flexibility index (Phi) is 2.57. The second-order valence-corrected chi connectivity index (χ2v) is 4.20. The van der Waals surface area contributed by atoms with E-state index in [0.29, 0.717) is 16.4 Å². The van der Waals surface area contributed by atoms with Crippen molar-refractivity contribution in [2.45, 2.75) is 0 Å². The molecule has 3 rings (SSSR count). The molecule has 0 aliphatic carbocycles. The van der Waals surface area contributed by atoms with Crippen molar-refractivity contribution in [1.82, 2.24) is 9.38 Å². The van der Waals surface area contributed by atoms with E-state index in [0.717, 1.165) is 5.56 Å². The Morgan fingerprint density at radius 3 is 2.61 bits per heavy atom. The Bertz CT molecular complexity index is 722. The highest BCUT2D eigenvalue weighted by Gasteiger charge is 2.15. The van der Waals surface area contributed by atoms with Gasteiger partial charge in [0.2, 0.25) is 5.82 Å². The van der Waals surface area contributed by atoms with E-state index in [9.17, 15) is 4.91 Å². The van der Waals surface area contributed by atoms with E-state index in [-0.39, 0.29) is 5.82 Å². The fourth-order valence-corrected chi connectivity index (χ4v) is 2.10. The number of nitrogens with zero attached hydrogens (tertiary/aromatic N) is 3. The first-order valence-electron chi connectivity index (χ1n) is 5.36. The molecular weight excluding hydrogens is 250 g/mol. The number of hydrogen-bond donors (Lipinski definition) is 0. The molecule has 0 saturated carbocycles. The van der Waals surface area contributed by atoms with Crippen LogP contribution >= 0.6 is 11.6 Å². The van der Waals surface area contributed by atoms with Crippen LogP contribution in [0.2, 0.25) is 5.02 Å². The SMILES string of the molecule is O=Nc1c(-c2ccccc2)nc2c(Cl)cccn12. The van der Waals surface area contributed by atoms with E-state index in [1.807, 2.05) is 30.3 Å². The Morgan fingerprint density at radius 2 is 1.89 bits per heavy atom. The molecule has 1 aromatic carbocycles. The van der Waals surface area contributed by atoms with Crippen LogP contribution in [0.3, 0.4) is 0 Å². The van der Waals surface area contributed by atoms with E-state index < -0.39 is 0 Å². The van der Waals surface area contributed by atoms with E-state index in [2.05, 4.69) is 10.2 Å². The van der Waals surface area contributed by atoms with Crippen molar-refractivity contribution in [3.63, 3.8) is 0 Å². The third-order valence-electron chi connectivity index (χ3n) is 2.71. The lowest BCUT2D eigenvalue weighted by atomic mass is 10.1. The monoisotopic (exact) mass is 257 g/mol.